The van der Waals surface area contributed by atoms with E-state index in [4.69, 9.17) is 40.5 Å². The van der Waals surface area contributed by atoms with Gasteiger partial charge in [0.25, 0.3) is 5.91 Å². The molecule has 2 rings (SSSR count). The predicted molar refractivity (Wildman–Crippen MR) is 75.5 cm³/mol. The molecule has 1 aromatic carbocycles. The van der Waals surface area contributed by atoms with Crippen molar-refractivity contribution in [2.24, 2.45) is 11.0 Å². The zero-order valence-corrected chi connectivity index (χ0v) is 13.3. The Kier molecular flexibility index (Phi) is 6.33. The Balaban J connectivity index is 0.00000200. The van der Waals surface area contributed by atoms with Crippen LogP contribution in [0.2, 0.25) is 10.0 Å². The maximum atomic E-state index is 11.5. The summed E-state index contributed by atoms with van der Waals surface area (Å²) in [5.74, 6) is -0.112. The first-order valence-corrected chi connectivity index (χ1v) is 6.91. The maximum Gasteiger partial charge on any atom is 0.253 e. The molecule has 1 amide bonds. The van der Waals surface area contributed by atoms with Gasteiger partial charge in [-0.3, -0.25) is 4.79 Å². The Morgan fingerprint density at radius 1 is 1.45 bits per heavy atom. The van der Waals surface area contributed by atoms with E-state index in [0.29, 0.717) is 41.2 Å². The van der Waals surface area contributed by atoms with Crippen molar-refractivity contribution in [2.45, 2.75) is 0 Å². The van der Waals surface area contributed by atoms with Crippen LogP contribution in [0.5, 0.6) is 0 Å². The van der Waals surface area contributed by atoms with Gasteiger partial charge < -0.3 is 18.1 Å². The third-order valence-corrected chi connectivity index (χ3v) is 3.37. The van der Waals surface area contributed by atoms with E-state index < -0.39 is 5.91 Å². The van der Waals surface area contributed by atoms with Crippen LogP contribution in [0, 0.1) is 0 Å². The minimum absolute atomic E-state index is 0. The third kappa shape index (κ3) is 3.67. The Morgan fingerprint density at radius 2 is 2.15 bits per heavy atom. The lowest BCUT2D eigenvalue weighted by molar-refractivity contribution is -0.575. The van der Waals surface area contributed by atoms with E-state index in [1.54, 1.807) is 11.1 Å². The average Bonchev–Trinajstić information content (AvgIpc) is 2.76. The molecular formula is C11H12Cl4N4O. The summed E-state index contributed by atoms with van der Waals surface area (Å²) in [5, 5.41) is 6.68. The van der Waals surface area contributed by atoms with E-state index in [2.05, 4.69) is 5.22 Å². The zero-order valence-electron chi connectivity index (χ0n) is 10.3. The molecule has 0 aliphatic carbocycles. The van der Waals surface area contributed by atoms with Crippen molar-refractivity contribution in [1.29, 1.82) is 0 Å². The smallest absolute Gasteiger partial charge is 0.253 e. The molecule has 1 aromatic rings. The van der Waals surface area contributed by atoms with Gasteiger partial charge in [0.1, 0.15) is 13.1 Å². The van der Waals surface area contributed by atoms with Crippen LogP contribution in [0.1, 0.15) is 10.4 Å². The molecule has 1 aliphatic rings. The van der Waals surface area contributed by atoms with E-state index in [9.17, 15) is 4.79 Å². The number of nitrogens with two attached hydrogens (primary N) is 1. The number of benzene rings is 1. The number of amides is 1. The molecule has 9 heteroatoms. The normalized spacial score (nSPS) is 13.9. The van der Waals surface area contributed by atoms with E-state index in [0.717, 1.165) is 0 Å². The second kappa shape index (κ2) is 7.31. The number of hydrogen-bond acceptors (Lipinski definition) is 3. The lowest BCUT2D eigenvalue weighted by Gasteiger charge is -2.10. The molecule has 1 aliphatic heterocycles. The third-order valence-electron chi connectivity index (χ3n) is 2.70. The number of rotatable bonds is 4. The summed E-state index contributed by atoms with van der Waals surface area (Å²) >= 11 is 17.7. The van der Waals surface area contributed by atoms with E-state index >= 15 is 0 Å². The van der Waals surface area contributed by atoms with Crippen LogP contribution in [0.25, 0.3) is 0 Å². The van der Waals surface area contributed by atoms with Crippen LogP contribution in [0.3, 0.4) is 0 Å². The summed E-state index contributed by atoms with van der Waals surface area (Å²) < 4.78 is 1.81. The summed E-state index contributed by atoms with van der Waals surface area (Å²) in [6.45, 7) is 1.96. The molecule has 0 spiro atoms. The van der Waals surface area contributed by atoms with E-state index in [1.807, 2.05) is 4.70 Å². The minimum atomic E-state index is -0.592. The molecule has 0 bridgehead atoms. The highest BCUT2D eigenvalue weighted by Crippen LogP contribution is 2.34. The predicted octanol–water partition coefficient (Wildman–Crippen LogP) is -0.465. The number of nitrogens with zero attached hydrogens (tertiary/aromatic N) is 3. The molecule has 20 heavy (non-hydrogen) atoms. The highest BCUT2D eigenvalue weighted by Gasteiger charge is 2.30. The lowest BCUT2D eigenvalue weighted by atomic mass is 10.1. The molecular weight excluding hydrogens is 346 g/mol. The molecule has 110 valence electrons. The first kappa shape index (κ1) is 17.3. The van der Waals surface area contributed by atoms with Crippen molar-refractivity contribution in [1.82, 2.24) is 0 Å². The van der Waals surface area contributed by atoms with Crippen LogP contribution < -0.4 is 23.1 Å². The maximum absolute atomic E-state index is 11.5. The van der Waals surface area contributed by atoms with Crippen molar-refractivity contribution in [3.63, 3.8) is 0 Å². The average molecular weight is 358 g/mol. The van der Waals surface area contributed by atoms with Crippen LogP contribution in [-0.4, -0.2) is 36.1 Å². The van der Waals surface area contributed by atoms with Crippen molar-refractivity contribution >= 4 is 46.4 Å². The van der Waals surface area contributed by atoms with Crippen LogP contribution >= 0.6 is 34.8 Å². The van der Waals surface area contributed by atoms with Crippen molar-refractivity contribution in [2.75, 3.05) is 30.5 Å². The summed E-state index contributed by atoms with van der Waals surface area (Å²) in [7, 11) is 0. The first-order valence-electron chi connectivity index (χ1n) is 5.62. The van der Waals surface area contributed by atoms with Gasteiger partial charge in [0.05, 0.1) is 21.7 Å². The number of carbonyl (C=O) groups excluding carboxylic acids is 1. The lowest BCUT2D eigenvalue weighted by Crippen LogP contribution is -3.00. The van der Waals surface area contributed by atoms with Gasteiger partial charge in [0, 0.05) is 5.02 Å². The first-order chi connectivity index (χ1) is 9.02. The zero-order chi connectivity index (χ0) is 14.0. The van der Waals surface area contributed by atoms with Crippen molar-refractivity contribution in [3.8, 4) is 0 Å². The Hall–Kier alpha value is -0.750. The molecule has 0 fully saturated rings. The van der Waals surface area contributed by atoms with Gasteiger partial charge in [0.15, 0.2) is 12.2 Å². The van der Waals surface area contributed by atoms with Gasteiger partial charge >= 0.3 is 0 Å². The number of primary amides is 1. The highest BCUT2D eigenvalue weighted by molar-refractivity contribution is 6.37. The van der Waals surface area contributed by atoms with Crippen molar-refractivity contribution < 1.29 is 21.9 Å². The number of alkyl halides is 1. The fraction of sp³-hybridized carbons (Fsp3) is 0.364. The Morgan fingerprint density at radius 3 is 2.75 bits per heavy atom. The molecule has 5 nitrogen and oxygen atoms in total. The van der Waals surface area contributed by atoms with Crippen LogP contribution in [0.15, 0.2) is 17.4 Å². The number of halogens is 4. The molecule has 0 radical (unpaired) electrons. The van der Waals surface area contributed by atoms with Crippen LogP contribution in [-0.2, 0) is 0 Å². The molecule has 0 unspecified atom stereocenters. The van der Waals surface area contributed by atoms with Crippen LogP contribution in [0.4, 0.5) is 5.69 Å². The highest BCUT2D eigenvalue weighted by atomic mass is 35.5. The number of hydrogen-bond donors (Lipinski definition) is 1. The summed E-state index contributed by atoms with van der Waals surface area (Å²) in [6.07, 6.45) is 0. The van der Waals surface area contributed by atoms with Gasteiger partial charge in [-0.15, -0.1) is 16.6 Å². The quantitative estimate of drug-likeness (QED) is 0.585. The monoisotopic (exact) mass is 356 g/mol. The number of anilines is 1. The van der Waals surface area contributed by atoms with Gasteiger partial charge in [0.2, 0.25) is 0 Å². The molecule has 0 aromatic heterocycles. The van der Waals surface area contributed by atoms with Gasteiger partial charge in [-0.25, -0.2) is 0 Å². The molecule has 0 atom stereocenters. The summed E-state index contributed by atoms with van der Waals surface area (Å²) in [6, 6.07) is 3.05. The molecule has 0 saturated heterocycles. The summed E-state index contributed by atoms with van der Waals surface area (Å²) in [4.78, 5) is 11.5. The van der Waals surface area contributed by atoms with Gasteiger partial charge in [-0.2, -0.15) is 4.70 Å². The largest absolute Gasteiger partial charge is 1.00 e. The van der Waals surface area contributed by atoms with E-state index in [-0.39, 0.29) is 18.0 Å². The SMILES string of the molecule is NC(=O)c1cc(Cl)cc(Cl)c1N1CC[N+](CCCl)=N1.[Cl-]. The molecule has 2 N–H and O–H groups in total. The minimum Gasteiger partial charge on any atom is -1.00 e. The van der Waals surface area contributed by atoms with E-state index in [1.165, 1.54) is 6.07 Å². The Bertz CT molecular complexity index is 549. The second-order valence-electron chi connectivity index (χ2n) is 4.00. The fourth-order valence-electron chi connectivity index (χ4n) is 1.88. The topological polar surface area (TPSA) is 61.7 Å². The number of carbonyl (C=O) groups is 1. The Labute approximate surface area is 137 Å². The molecule has 1 heterocycles. The van der Waals surface area contributed by atoms with Crippen molar-refractivity contribution in [3.05, 3.63) is 27.7 Å². The second-order valence-corrected chi connectivity index (χ2v) is 5.22. The van der Waals surface area contributed by atoms with Gasteiger partial charge in [-0.1, -0.05) is 23.2 Å². The van der Waals surface area contributed by atoms with Gasteiger partial charge in [-0.05, 0) is 12.1 Å². The fourth-order valence-corrected chi connectivity index (χ4v) is 2.67. The molecule has 0 saturated carbocycles. The summed E-state index contributed by atoms with van der Waals surface area (Å²) in [5.41, 5.74) is 6.09. The standard InChI is InChI=1S/C11H11Cl3N4O.ClH/c12-1-2-17-3-4-18(16-17)10-8(11(15)19)5-7(13)6-9(10)14;/h5-6H,1-4H2,(H-,15,19);1H.